The summed E-state index contributed by atoms with van der Waals surface area (Å²) in [7, 11) is 0. The Labute approximate surface area is 115 Å². The van der Waals surface area contributed by atoms with Gasteiger partial charge in [-0.15, -0.1) is 0 Å². The van der Waals surface area contributed by atoms with Gasteiger partial charge in [-0.05, 0) is 44.0 Å². The molecule has 0 heterocycles. The summed E-state index contributed by atoms with van der Waals surface area (Å²) in [5, 5.41) is 2.97. The predicted octanol–water partition coefficient (Wildman–Crippen LogP) is 1.96. The normalized spacial score (nSPS) is 16.4. The summed E-state index contributed by atoms with van der Waals surface area (Å²) in [5.41, 5.74) is 7.46. The van der Waals surface area contributed by atoms with Crippen LogP contribution in [0.5, 0.6) is 0 Å². The van der Waals surface area contributed by atoms with Crippen LogP contribution in [0.3, 0.4) is 0 Å². The number of carbonyl (C=O) groups excluding carboxylic acids is 1. The van der Waals surface area contributed by atoms with Crippen molar-refractivity contribution >= 4 is 11.6 Å². The third kappa shape index (κ3) is 3.55. The summed E-state index contributed by atoms with van der Waals surface area (Å²) in [6.07, 6.45) is 2.44. The van der Waals surface area contributed by atoms with Crippen LogP contribution in [-0.4, -0.2) is 29.4 Å². The SMILES string of the molecule is CCN(C1CC1)C(C)C(=O)Nc1ccc(CN)cc1. The summed E-state index contributed by atoms with van der Waals surface area (Å²) < 4.78 is 0. The molecule has 4 heteroatoms. The Morgan fingerprint density at radius 1 is 1.42 bits per heavy atom. The molecule has 0 saturated heterocycles. The van der Waals surface area contributed by atoms with Crippen molar-refractivity contribution in [3.63, 3.8) is 0 Å². The quantitative estimate of drug-likeness (QED) is 0.823. The molecule has 19 heavy (non-hydrogen) atoms. The van der Waals surface area contributed by atoms with E-state index in [4.69, 9.17) is 5.73 Å². The molecule has 1 atom stereocenters. The molecule has 1 unspecified atom stereocenters. The summed E-state index contributed by atoms with van der Waals surface area (Å²) in [6.45, 7) is 5.53. The van der Waals surface area contributed by atoms with Gasteiger partial charge in [-0.1, -0.05) is 19.1 Å². The van der Waals surface area contributed by atoms with E-state index < -0.39 is 0 Å². The van der Waals surface area contributed by atoms with Gasteiger partial charge in [-0.25, -0.2) is 0 Å². The number of likely N-dealkylation sites (N-methyl/N-ethyl adjacent to an activating group) is 1. The van der Waals surface area contributed by atoms with Crippen molar-refractivity contribution < 1.29 is 4.79 Å². The van der Waals surface area contributed by atoms with Gasteiger partial charge in [0.05, 0.1) is 6.04 Å². The van der Waals surface area contributed by atoms with Gasteiger partial charge < -0.3 is 11.1 Å². The average molecular weight is 261 g/mol. The van der Waals surface area contributed by atoms with Crippen LogP contribution >= 0.6 is 0 Å². The largest absolute Gasteiger partial charge is 0.326 e. The van der Waals surface area contributed by atoms with E-state index in [9.17, 15) is 4.79 Å². The molecule has 0 aliphatic heterocycles. The maximum Gasteiger partial charge on any atom is 0.241 e. The van der Waals surface area contributed by atoms with E-state index >= 15 is 0 Å². The Kier molecular flexibility index (Phi) is 4.56. The van der Waals surface area contributed by atoms with Gasteiger partial charge in [0.15, 0.2) is 0 Å². The molecule has 0 bridgehead atoms. The first-order valence-electron chi connectivity index (χ1n) is 7.01. The first-order valence-corrected chi connectivity index (χ1v) is 7.01. The van der Waals surface area contributed by atoms with Crippen LogP contribution in [0.2, 0.25) is 0 Å². The molecule has 1 saturated carbocycles. The Hall–Kier alpha value is -1.39. The Balaban J connectivity index is 1.95. The first kappa shape index (κ1) is 14.0. The van der Waals surface area contributed by atoms with Gasteiger partial charge in [-0.3, -0.25) is 9.69 Å². The fourth-order valence-electron chi connectivity index (χ4n) is 2.38. The van der Waals surface area contributed by atoms with Crippen LogP contribution < -0.4 is 11.1 Å². The van der Waals surface area contributed by atoms with Gasteiger partial charge in [0.25, 0.3) is 0 Å². The minimum atomic E-state index is -0.0771. The van der Waals surface area contributed by atoms with E-state index in [0.29, 0.717) is 12.6 Å². The monoisotopic (exact) mass is 261 g/mol. The molecule has 1 aliphatic carbocycles. The number of amides is 1. The molecular formula is C15H23N3O. The third-order valence-corrected chi connectivity index (χ3v) is 3.72. The summed E-state index contributed by atoms with van der Waals surface area (Å²) in [6, 6.07) is 8.22. The van der Waals surface area contributed by atoms with Crippen LogP contribution in [0, 0.1) is 0 Å². The zero-order valence-corrected chi connectivity index (χ0v) is 11.7. The van der Waals surface area contributed by atoms with Crippen LogP contribution in [0.25, 0.3) is 0 Å². The molecule has 2 rings (SSSR count). The molecule has 104 valence electrons. The summed E-state index contributed by atoms with van der Waals surface area (Å²) in [5.74, 6) is 0.0641. The zero-order valence-electron chi connectivity index (χ0n) is 11.7. The number of rotatable bonds is 6. The van der Waals surface area contributed by atoms with Gasteiger partial charge >= 0.3 is 0 Å². The van der Waals surface area contributed by atoms with E-state index in [0.717, 1.165) is 17.8 Å². The molecule has 1 aliphatic rings. The van der Waals surface area contributed by atoms with Crippen molar-refractivity contribution in [2.45, 2.75) is 45.3 Å². The second-order valence-corrected chi connectivity index (χ2v) is 5.13. The van der Waals surface area contributed by atoms with E-state index in [1.807, 2.05) is 31.2 Å². The highest BCUT2D eigenvalue weighted by molar-refractivity contribution is 5.94. The van der Waals surface area contributed by atoms with Gasteiger partial charge in [0.2, 0.25) is 5.91 Å². The van der Waals surface area contributed by atoms with Crippen molar-refractivity contribution in [2.24, 2.45) is 5.73 Å². The number of hydrogen-bond acceptors (Lipinski definition) is 3. The first-order chi connectivity index (χ1) is 9.15. The number of nitrogens with zero attached hydrogens (tertiary/aromatic N) is 1. The molecule has 1 aromatic carbocycles. The minimum absolute atomic E-state index is 0.0641. The van der Waals surface area contributed by atoms with Crippen molar-refractivity contribution in [3.8, 4) is 0 Å². The van der Waals surface area contributed by atoms with E-state index in [2.05, 4.69) is 17.1 Å². The molecule has 3 N–H and O–H groups in total. The smallest absolute Gasteiger partial charge is 0.241 e. The highest BCUT2D eigenvalue weighted by Gasteiger charge is 2.33. The topological polar surface area (TPSA) is 58.4 Å². The second kappa shape index (κ2) is 6.17. The predicted molar refractivity (Wildman–Crippen MR) is 77.8 cm³/mol. The summed E-state index contributed by atoms with van der Waals surface area (Å²) in [4.78, 5) is 14.5. The molecule has 0 radical (unpaired) electrons. The molecule has 0 spiro atoms. The van der Waals surface area contributed by atoms with Crippen LogP contribution in [-0.2, 0) is 11.3 Å². The number of carbonyl (C=O) groups is 1. The zero-order chi connectivity index (χ0) is 13.8. The fraction of sp³-hybridized carbons (Fsp3) is 0.533. The molecule has 4 nitrogen and oxygen atoms in total. The van der Waals surface area contributed by atoms with E-state index in [1.165, 1.54) is 12.8 Å². The number of nitrogens with two attached hydrogens (primary N) is 1. The maximum absolute atomic E-state index is 12.2. The van der Waals surface area contributed by atoms with Crippen molar-refractivity contribution in [2.75, 3.05) is 11.9 Å². The summed E-state index contributed by atoms with van der Waals surface area (Å²) >= 11 is 0. The average Bonchev–Trinajstić information content (AvgIpc) is 3.25. The minimum Gasteiger partial charge on any atom is -0.326 e. The Morgan fingerprint density at radius 2 is 2.05 bits per heavy atom. The lowest BCUT2D eigenvalue weighted by Gasteiger charge is -2.26. The molecule has 0 aromatic heterocycles. The Morgan fingerprint density at radius 3 is 2.53 bits per heavy atom. The highest BCUT2D eigenvalue weighted by atomic mass is 16.2. The standard InChI is InChI=1S/C15H23N3O/c1-3-18(14-8-9-14)11(2)15(19)17-13-6-4-12(10-16)5-7-13/h4-7,11,14H,3,8-10,16H2,1-2H3,(H,17,19). The fourth-order valence-corrected chi connectivity index (χ4v) is 2.38. The van der Waals surface area contributed by atoms with E-state index in [1.54, 1.807) is 0 Å². The Bertz CT molecular complexity index is 426. The number of hydrogen-bond donors (Lipinski definition) is 2. The highest BCUT2D eigenvalue weighted by Crippen LogP contribution is 2.28. The molecule has 1 aromatic rings. The lowest BCUT2D eigenvalue weighted by Crippen LogP contribution is -2.43. The van der Waals surface area contributed by atoms with Crippen LogP contribution in [0.15, 0.2) is 24.3 Å². The number of nitrogens with one attached hydrogen (secondary N) is 1. The van der Waals surface area contributed by atoms with E-state index in [-0.39, 0.29) is 11.9 Å². The van der Waals surface area contributed by atoms with Gasteiger partial charge in [-0.2, -0.15) is 0 Å². The van der Waals surface area contributed by atoms with Crippen molar-refractivity contribution in [3.05, 3.63) is 29.8 Å². The maximum atomic E-state index is 12.2. The van der Waals surface area contributed by atoms with Crippen molar-refractivity contribution in [1.29, 1.82) is 0 Å². The van der Waals surface area contributed by atoms with Gasteiger partial charge in [0, 0.05) is 18.3 Å². The van der Waals surface area contributed by atoms with Gasteiger partial charge in [0.1, 0.15) is 0 Å². The number of anilines is 1. The third-order valence-electron chi connectivity index (χ3n) is 3.72. The van der Waals surface area contributed by atoms with Crippen LogP contribution in [0.4, 0.5) is 5.69 Å². The molecule has 1 amide bonds. The molecular weight excluding hydrogens is 238 g/mol. The second-order valence-electron chi connectivity index (χ2n) is 5.13. The number of benzene rings is 1. The van der Waals surface area contributed by atoms with Crippen LogP contribution in [0.1, 0.15) is 32.3 Å². The lowest BCUT2D eigenvalue weighted by molar-refractivity contribution is -0.120. The molecule has 1 fully saturated rings. The van der Waals surface area contributed by atoms with Crippen molar-refractivity contribution in [1.82, 2.24) is 4.90 Å². The lowest BCUT2D eigenvalue weighted by atomic mass is 10.2.